The number of aromatic nitrogens is 2. The molecule has 0 fully saturated rings. The van der Waals surface area contributed by atoms with Gasteiger partial charge in [0.05, 0.1) is 25.0 Å². The van der Waals surface area contributed by atoms with Crippen LogP contribution >= 0.6 is 0 Å². The van der Waals surface area contributed by atoms with E-state index in [4.69, 9.17) is 4.42 Å². The molecule has 0 aliphatic heterocycles. The molecule has 0 unspecified atom stereocenters. The van der Waals surface area contributed by atoms with Gasteiger partial charge in [-0.2, -0.15) is 5.10 Å². The van der Waals surface area contributed by atoms with Gasteiger partial charge in [-0.15, -0.1) is 0 Å². The molecule has 2 heterocycles. The molecule has 0 aliphatic rings. The monoisotopic (exact) mass is 219 g/mol. The topological polar surface area (TPSA) is 43.0 Å². The number of nitrogens with zero attached hydrogens (tertiary/aromatic N) is 2. The fourth-order valence-corrected chi connectivity index (χ4v) is 1.71. The zero-order valence-electron chi connectivity index (χ0n) is 9.73. The van der Waals surface area contributed by atoms with Crippen molar-refractivity contribution in [2.75, 3.05) is 6.54 Å². The molecular formula is C12H17N3O. The van der Waals surface area contributed by atoms with E-state index in [0.717, 1.165) is 31.1 Å². The number of hydrogen-bond acceptors (Lipinski definition) is 3. The van der Waals surface area contributed by atoms with Crippen LogP contribution in [0, 0.1) is 13.8 Å². The zero-order chi connectivity index (χ0) is 11.4. The van der Waals surface area contributed by atoms with E-state index in [9.17, 15) is 0 Å². The fourth-order valence-electron chi connectivity index (χ4n) is 1.71. The molecule has 2 aromatic rings. The minimum absolute atomic E-state index is 0.770. The standard InChI is InChI=1S/C12H17N3O/c1-10-8-11(2)15(14-10)6-5-13-9-12-4-3-7-16-12/h3-4,7-8,13H,5-6,9H2,1-2H3. The van der Waals surface area contributed by atoms with E-state index in [2.05, 4.69) is 23.4 Å². The summed E-state index contributed by atoms with van der Waals surface area (Å²) < 4.78 is 7.25. The Labute approximate surface area is 95.3 Å². The van der Waals surface area contributed by atoms with Crippen molar-refractivity contribution in [2.45, 2.75) is 26.9 Å². The van der Waals surface area contributed by atoms with E-state index in [0.29, 0.717) is 0 Å². The highest BCUT2D eigenvalue weighted by Gasteiger charge is 2.00. The highest BCUT2D eigenvalue weighted by Crippen LogP contribution is 2.01. The second-order valence-corrected chi connectivity index (χ2v) is 3.91. The van der Waals surface area contributed by atoms with Gasteiger partial charge in [-0.3, -0.25) is 4.68 Å². The van der Waals surface area contributed by atoms with Crippen molar-refractivity contribution >= 4 is 0 Å². The van der Waals surface area contributed by atoms with E-state index in [1.165, 1.54) is 5.69 Å². The lowest BCUT2D eigenvalue weighted by Gasteiger charge is -2.05. The number of rotatable bonds is 5. The van der Waals surface area contributed by atoms with E-state index >= 15 is 0 Å². The van der Waals surface area contributed by atoms with Crippen LogP contribution in [0.4, 0.5) is 0 Å². The summed E-state index contributed by atoms with van der Waals surface area (Å²) in [4.78, 5) is 0. The normalized spacial score (nSPS) is 10.9. The van der Waals surface area contributed by atoms with Gasteiger partial charge in [0, 0.05) is 12.2 Å². The van der Waals surface area contributed by atoms with Crippen molar-refractivity contribution in [3.63, 3.8) is 0 Å². The smallest absolute Gasteiger partial charge is 0.117 e. The number of furan rings is 1. The summed E-state index contributed by atoms with van der Waals surface area (Å²) in [5.74, 6) is 0.966. The quantitative estimate of drug-likeness (QED) is 0.781. The average Bonchev–Trinajstić information content (AvgIpc) is 2.84. The van der Waals surface area contributed by atoms with Gasteiger partial charge in [0.25, 0.3) is 0 Å². The lowest BCUT2D eigenvalue weighted by atomic mass is 10.4. The molecule has 0 bridgehead atoms. The molecule has 2 rings (SSSR count). The van der Waals surface area contributed by atoms with Crippen molar-refractivity contribution in [3.8, 4) is 0 Å². The molecule has 0 saturated heterocycles. The van der Waals surface area contributed by atoms with Gasteiger partial charge in [0.1, 0.15) is 5.76 Å². The maximum Gasteiger partial charge on any atom is 0.117 e. The Balaban J connectivity index is 1.74. The molecule has 0 aliphatic carbocycles. The van der Waals surface area contributed by atoms with Gasteiger partial charge in [-0.1, -0.05) is 0 Å². The first-order chi connectivity index (χ1) is 7.75. The lowest BCUT2D eigenvalue weighted by Crippen LogP contribution is -2.20. The van der Waals surface area contributed by atoms with Crippen LogP contribution in [0.2, 0.25) is 0 Å². The summed E-state index contributed by atoms with van der Waals surface area (Å²) in [7, 11) is 0. The van der Waals surface area contributed by atoms with Crippen LogP contribution < -0.4 is 5.32 Å². The van der Waals surface area contributed by atoms with Gasteiger partial charge in [-0.25, -0.2) is 0 Å². The largest absolute Gasteiger partial charge is 0.468 e. The molecule has 2 aromatic heterocycles. The molecule has 4 heteroatoms. The first-order valence-corrected chi connectivity index (χ1v) is 5.50. The third-order valence-electron chi connectivity index (χ3n) is 2.48. The predicted octanol–water partition coefficient (Wildman–Crippen LogP) is 1.88. The predicted molar refractivity (Wildman–Crippen MR) is 62.1 cm³/mol. The Kier molecular flexibility index (Phi) is 3.41. The van der Waals surface area contributed by atoms with Crippen LogP contribution in [0.15, 0.2) is 28.9 Å². The first kappa shape index (κ1) is 11.0. The summed E-state index contributed by atoms with van der Waals surface area (Å²) in [5, 5.41) is 7.72. The van der Waals surface area contributed by atoms with Crippen LogP contribution in [0.25, 0.3) is 0 Å². The number of hydrogen-bond donors (Lipinski definition) is 1. The average molecular weight is 219 g/mol. The molecule has 0 amide bonds. The van der Waals surface area contributed by atoms with Gasteiger partial charge in [0.2, 0.25) is 0 Å². The van der Waals surface area contributed by atoms with Crippen molar-refractivity contribution in [3.05, 3.63) is 41.6 Å². The van der Waals surface area contributed by atoms with E-state index in [1.54, 1.807) is 6.26 Å². The number of aryl methyl sites for hydroxylation is 2. The van der Waals surface area contributed by atoms with Crippen LogP contribution in [-0.2, 0) is 13.1 Å². The summed E-state index contributed by atoms with van der Waals surface area (Å²) >= 11 is 0. The SMILES string of the molecule is Cc1cc(C)n(CCNCc2ccco2)n1. The fraction of sp³-hybridized carbons (Fsp3) is 0.417. The van der Waals surface area contributed by atoms with Gasteiger partial charge in [-0.05, 0) is 32.0 Å². The Morgan fingerprint density at radius 2 is 2.31 bits per heavy atom. The Hall–Kier alpha value is -1.55. The lowest BCUT2D eigenvalue weighted by molar-refractivity contribution is 0.468. The molecule has 4 nitrogen and oxygen atoms in total. The van der Waals surface area contributed by atoms with Crippen LogP contribution in [-0.4, -0.2) is 16.3 Å². The third-order valence-corrected chi connectivity index (χ3v) is 2.48. The second-order valence-electron chi connectivity index (χ2n) is 3.91. The number of nitrogens with one attached hydrogen (secondary N) is 1. The minimum atomic E-state index is 0.770. The van der Waals surface area contributed by atoms with Gasteiger partial charge in [0.15, 0.2) is 0 Å². The maximum atomic E-state index is 5.23. The molecule has 16 heavy (non-hydrogen) atoms. The Bertz CT molecular complexity index is 431. The molecule has 0 spiro atoms. The van der Waals surface area contributed by atoms with E-state index in [1.807, 2.05) is 23.7 Å². The zero-order valence-corrected chi connectivity index (χ0v) is 9.73. The third kappa shape index (κ3) is 2.73. The summed E-state index contributed by atoms with van der Waals surface area (Å²) in [6.45, 7) is 6.64. The van der Waals surface area contributed by atoms with Crippen LogP contribution in [0.3, 0.4) is 0 Å². The van der Waals surface area contributed by atoms with Crippen molar-refractivity contribution in [1.82, 2.24) is 15.1 Å². The molecule has 0 saturated carbocycles. The van der Waals surface area contributed by atoms with Crippen LogP contribution in [0.5, 0.6) is 0 Å². The highest BCUT2D eigenvalue weighted by atomic mass is 16.3. The summed E-state index contributed by atoms with van der Waals surface area (Å²) in [6, 6.07) is 5.96. The maximum absolute atomic E-state index is 5.23. The molecule has 0 aromatic carbocycles. The van der Waals surface area contributed by atoms with Gasteiger partial charge >= 0.3 is 0 Å². The van der Waals surface area contributed by atoms with Crippen molar-refractivity contribution < 1.29 is 4.42 Å². The second kappa shape index (κ2) is 4.99. The first-order valence-electron chi connectivity index (χ1n) is 5.50. The van der Waals surface area contributed by atoms with E-state index < -0.39 is 0 Å². The summed E-state index contributed by atoms with van der Waals surface area (Å²) in [6.07, 6.45) is 1.69. The molecule has 86 valence electrons. The van der Waals surface area contributed by atoms with E-state index in [-0.39, 0.29) is 0 Å². The molecule has 1 N–H and O–H groups in total. The molecule has 0 atom stereocenters. The molecular weight excluding hydrogens is 202 g/mol. The minimum Gasteiger partial charge on any atom is -0.468 e. The summed E-state index contributed by atoms with van der Waals surface area (Å²) in [5.41, 5.74) is 2.28. The van der Waals surface area contributed by atoms with Crippen molar-refractivity contribution in [1.29, 1.82) is 0 Å². The Morgan fingerprint density at radius 1 is 1.44 bits per heavy atom. The van der Waals surface area contributed by atoms with Crippen LogP contribution in [0.1, 0.15) is 17.1 Å². The van der Waals surface area contributed by atoms with Gasteiger partial charge < -0.3 is 9.73 Å². The van der Waals surface area contributed by atoms with Crippen molar-refractivity contribution in [2.24, 2.45) is 0 Å². The highest BCUT2D eigenvalue weighted by molar-refractivity contribution is 5.06. The molecule has 0 radical (unpaired) electrons. The Morgan fingerprint density at radius 3 is 2.94 bits per heavy atom.